The zero-order valence-corrected chi connectivity index (χ0v) is 19.7. The molecule has 1 atom stereocenters. The van der Waals surface area contributed by atoms with Gasteiger partial charge in [-0.2, -0.15) is 10.2 Å². The number of nitriles is 1. The summed E-state index contributed by atoms with van der Waals surface area (Å²) < 4.78 is 4.11. The minimum atomic E-state index is 0.406. The lowest BCUT2D eigenvalue weighted by molar-refractivity contribution is 0.449. The molecule has 1 fully saturated rings. The highest BCUT2D eigenvalue weighted by Crippen LogP contribution is 2.30. The Morgan fingerprint density at radius 1 is 1.09 bits per heavy atom. The Labute approximate surface area is 204 Å². The number of anilines is 1. The number of aromatic nitrogens is 4. The molecule has 1 aliphatic heterocycles. The normalized spacial score (nSPS) is 15.9. The van der Waals surface area contributed by atoms with Gasteiger partial charge in [0, 0.05) is 35.8 Å². The lowest BCUT2D eigenvalue weighted by Crippen LogP contribution is -2.29. The van der Waals surface area contributed by atoms with Crippen molar-refractivity contribution < 1.29 is 0 Å². The molecule has 3 aromatic heterocycles. The molecule has 2 aromatic carbocycles. The Kier molecular flexibility index (Phi) is 5.44. The molecule has 35 heavy (non-hydrogen) atoms. The van der Waals surface area contributed by atoms with Crippen molar-refractivity contribution in [3.63, 3.8) is 0 Å². The number of fused-ring (bicyclic) bond motifs is 2. The van der Waals surface area contributed by atoms with E-state index in [4.69, 9.17) is 10.1 Å². The fourth-order valence-corrected chi connectivity index (χ4v) is 5.15. The summed E-state index contributed by atoms with van der Waals surface area (Å²) in [5, 5.41) is 22.7. The first-order chi connectivity index (χ1) is 17.2. The van der Waals surface area contributed by atoms with Gasteiger partial charge in [0.2, 0.25) is 0 Å². The lowest BCUT2D eigenvalue weighted by atomic mass is 9.96. The largest absolute Gasteiger partial charge is 0.364 e. The van der Waals surface area contributed by atoms with E-state index >= 15 is 0 Å². The van der Waals surface area contributed by atoms with Crippen molar-refractivity contribution in [2.75, 3.05) is 18.4 Å². The van der Waals surface area contributed by atoms with Gasteiger partial charge >= 0.3 is 0 Å². The zero-order valence-electron chi connectivity index (χ0n) is 19.7. The molecule has 2 N–H and O–H groups in total. The fraction of sp³-hybridized carbons (Fsp3) is 0.250. The monoisotopic (exact) mass is 461 g/mol. The highest BCUT2D eigenvalue weighted by molar-refractivity contribution is 5.88. The first-order valence-corrected chi connectivity index (χ1v) is 12.1. The molecule has 1 aliphatic rings. The minimum Gasteiger partial charge on any atom is -0.364 e. The molecular formula is C28H27N7. The van der Waals surface area contributed by atoms with E-state index in [2.05, 4.69) is 45.5 Å². The van der Waals surface area contributed by atoms with Crippen LogP contribution in [0.2, 0.25) is 0 Å². The van der Waals surface area contributed by atoms with Gasteiger partial charge in [0.15, 0.2) is 5.82 Å². The van der Waals surface area contributed by atoms with Crippen molar-refractivity contribution in [2.24, 2.45) is 0 Å². The van der Waals surface area contributed by atoms with Crippen molar-refractivity contribution in [2.45, 2.75) is 32.2 Å². The van der Waals surface area contributed by atoms with Gasteiger partial charge in [0.1, 0.15) is 5.52 Å². The molecule has 0 spiro atoms. The van der Waals surface area contributed by atoms with E-state index < -0.39 is 0 Å². The van der Waals surface area contributed by atoms with E-state index in [-0.39, 0.29) is 0 Å². The number of rotatable bonds is 5. The van der Waals surface area contributed by atoms with Gasteiger partial charge in [-0.05, 0) is 62.2 Å². The van der Waals surface area contributed by atoms with E-state index in [0.717, 1.165) is 53.9 Å². The summed E-state index contributed by atoms with van der Waals surface area (Å²) >= 11 is 0. The summed E-state index contributed by atoms with van der Waals surface area (Å²) in [4.78, 5) is 5.00. The zero-order chi connectivity index (χ0) is 23.8. The van der Waals surface area contributed by atoms with Crippen LogP contribution in [0, 0.1) is 18.3 Å². The van der Waals surface area contributed by atoms with Crippen LogP contribution < -0.4 is 10.6 Å². The van der Waals surface area contributed by atoms with Gasteiger partial charge in [-0.3, -0.25) is 4.57 Å². The maximum Gasteiger partial charge on any atom is 0.254 e. The van der Waals surface area contributed by atoms with Gasteiger partial charge in [-0.1, -0.05) is 36.4 Å². The third kappa shape index (κ3) is 3.82. The van der Waals surface area contributed by atoms with E-state index in [1.54, 1.807) is 0 Å². The maximum atomic E-state index is 9.61. The molecule has 7 heteroatoms. The maximum absolute atomic E-state index is 9.61. The third-order valence-corrected chi connectivity index (χ3v) is 6.90. The molecule has 0 saturated carbocycles. The summed E-state index contributed by atoms with van der Waals surface area (Å²) in [6, 6.07) is 24.8. The molecule has 0 bridgehead atoms. The topological polar surface area (TPSA) is 83.0 Å². The molecule has 0 amide bonds. The predicted octanol–water partition coefficient (Wildman–Crippen LogP) is 4.93. The molecule has 0 aliphatic carbocycles. The highest BCUT2D eigenvalue weighted by atomic mass is 15.3. The summed E-state index contributed by atoms with van der Waals surface area (Å²) in [6.07, 6.45) is 2.30. The number of piperidine rings is 1. The average molecular weight is 462 g/mol. The fourth-order valence-electron chi connectivity index (χ4n) is 5.15. The van der Waals surface area contributed by atoms with E-state index in [0.29, 0.717) is 24.0 Å². The number of hydrogen-bond acceptors (Lipinski definition) is 5. The first-order valence-electron chi connectivity index (χ1n) is 12.1. The van der Waals surface area contributed by atoms with E-state index in [1.165, 1.54) is 11.3 Å². The molecular weight excluding hydrogens is 434 g/mol. The van der Waals surface area contributed by atoms with Crippen LogP contribution in [0.4, 0.5) is 5.82 Å². The lowest BCUT2D eigenvalue weighted by Gasteiger charge is -2.23. The summed E-state index contributed by atoms with van der Waals surface area (Å²) in [5.41, 5.74) is 5.94. The molecule has 4 heterocycles. The van der Waals surface area contributed by atoms with Crippen molar-refractivity contribution in [3.05, 3.63) is 89.2 Å². The van der Waals surface area contributed by atoms with Gasteiger partial charge in [-0.15, -0.1) is 5.10 Å². The second-order valence-electron chi connectivity index (χ2n) is 9.17. The van der Waals surface area contributed by atoms with Crippen LogP contribution in [0.5, 0.6) is 0 Å². The molecule has 1 unspecified atom stereocenters. The van der Waals surface area contributed by atoms with Crippen molar-refractivity contribution in [1.29, 1.82) is 5.26 Å². The standard InChI is InChI=1S/C28H27N7/c1-19-15-23-21(16-29)9-5-11-25(23)34(19)28-32-27(31-17-20-7-3-2-4-8-20)26-13-12-24(35(26)33-28)22-10-6-14-30-18-22/h2-5,7-9,11-13,15,22,30H,6,10,14,17-18H2,1H3,(H,31,32,33). The molecule has 0 radical (unpaired) electrons. The third-order valence-electron chi connectivity index (χ3n) is 6.90. The quantitative estimate of drug-likeness (QED) is 0.388. The van der Waals surface area contributed by atoms with Crippen molar-refractivity contribution >= 4 is 22.2 Å². The Hall–Kier alpha value is -4.15. The Bertz CT molecular complexity index is 1550. The number of aryl methyl sites for hydroxylation is 1. The van der Waals surface area contributed by atoms with Crippen LogP contribution in [0.15, 0.2) is 66.7 Å². The van der Waals surface area contributed by atoms with Crippen LogP contribution in [0.1, 0.15) is 41.3 Å². The van der Waals surface area contributed by atoms with Crippen molar-refractivity contribution in [1.82, 2.24) is 24.5 Å². The Morgan fingerprint density at radius 2 is 1.97 bits per heavy atom. The molecule has 7 nitrogen and oxygen atoms in total. The summed E-state index contributed by atoms with van der Waals surface area (Å²) in [5.74, 6) is 1.80. The van der Waals surface area contributed by atoms with Crippen LogP contribution in [-0.2, 0) is 6.54 Å². The van der Waals surface area contributed by atoms with Gasteiger partial charge < -0.3 is 10.6 Å². The Balaban J connectivity index is 1.52. The number of nitrogens with zero attached hydrogens (tertiary/aromatic N) is 5. The van der Waals surface area contributed by atoms with Crippen LogP contribution >= 0.6 is 0 Å². The van der Waals surface area contributed by atoms with Gasteiger partial charge in [0.05, 0.1) is 17.1 Å². The second kappa shape index (κ2) is 8.90. The van der Waals surface area contributed by atoms with Crippen LogP contribution in [0.25, 0.3) is 22.4 Å². The van der Waals surface area contributed by atoms with Gasteiger partial charge in [-0.25, -0.2) is 4.52 Å². The molecule has 6 rings (SSSR count). The van der Waals surface area contributed by atoms with Gasteiger partial charge in [0.25, 0.3) is 5.95 Å². The average Bonchev–Trinajstić information content (AvgIpc) is 3.48. The SMILES string of the molecule is Cc1cc2c(C#N)cccc2n1-c1nc(NCc2ccccc2)c2ccc(C3CCCNC3)n2n1. The minimum absolute atomic E-state index is 0.406. The molecule has 174 valence electrons. The van der Waals surface area contributed by atoms with Crippen LogP contribution in [0.3, 0.4) is 0 Å². The Morgan fingerprint density at radius 3 is 2.77 bits per heavy atom. The van der Waals surface area contributed by atoms with E-state index in [9.17, 15) is 5.26 Å². The first kappa shape index (κ1) is 21.4. The van der Waals surface area contributed by atoms with Crippen molar-refractivity contribution in [3.8, 4) is 12.0 Å². The molecule has 1 saturated heterocycles. The smallest absolute Gasteiger partial charge is 0.254 e. The summed E-state index contributed by atoms with van der Waals surface area (Å²) in [6.45, 7) is 4.73. The highest BCUT2D eigenvalue weighted by Gasteiger charge is 2.22. The number of nitrogens with one attached hydrogen (secondary N) is 2. The number of hydrogen-bond donors (Lipinski definition) is 2. The van der Waals surface area contributed by atoms with E-state index in [1.807, 2.05) is 54.0 Å². The van der Waals surface area contributed by atoms with Crippen LogP contribution in [-0.4, -0.2) is 32.3 Å². The molecule has 5 aromatic rings. The second-order valence-corrected chi connectivity index (χ2v) is 9.17. The predicted molar refractivity (Wildman–Crippen MR) is 138 cm³/mol. The number of benzene rings is 2. The summed E-state index contributed by atoms with van der Waals surface area (Å²) in [7, 11) is 0.